The van der Waals surface area contributed by atoms with Crippen LogP contribution in [0.4, 0.5) is 0 Å². The minimum absolute atomic E-state index is 0.117. The van der Waals surface area contributed by atoms with E-state index in [1.165, 1.54) is 0 Å². The molecule has 0 saturated carbocycles. The number of hydrogen-bond acceptors (Lipinski definition) is 4. The maximum Gasteiger partial charge on any atom is 0.227 e. The van der Waals surface area contributed by atoms with Gasteiger partial charge in [-0.1, -0.05) is 37.3 Å². The van der Waals surface area contributed by atoms with E-state index in [4.69, 9.17) is 9.84 Å². The molecule has 0 radical (unpaired) electrons. The van der Waals surface area contributed by atoms with Gasteiger partial charge in [0.1, 0.15) is 0 Å². The van der Waals surface area contributed by atoms with E-state index in [9.17, 15) is 4.79 Å². The first kappa shape index (κ1) is 16.9. The number of aliphatic hydroxyl groups is 1. The first-order chi connectivity index (χ1) is 10.7. The standard InChI is InChI=1S/C17H26N2O3/c1-15(13-22-14-16-5-3-2-4-6-16)17(21)19-9-7-18(8-10-19)11-12-20/h2-6,15,20H,7-14H2,1H3/t15-/m0/s1. The van der Waals surface area contributed by atoms with Crippen LogP contribution in [0.3, 0.4) is 0 Å². The van der Waals surface area contributed by atoms with Gasteiger partial charge in [-0.05, 0) is 5.56 Å². The van der Waals surface area contributed by atoms with Gasteiger partial charge in [-0.25, -0.2) is 0 Å². The molecule has 1 fully saturated rings. The molecule has 122 valence electrons. The van der Waals surface area contributed by atoms with Crippen molar-refractivity contribution in [2.45, 2.75) is 13.5 Å². The second kappa shape index (κ2) is 8.88. The van der Waals surface area contributed by atoms with Crippen molar-refractivity contribution in [3.63, 3.8) is 0 Å². The Morgan fingerprint density at radius 1 is 1.23 bits per heavy atom. The summed E-state index contributed by atoms with van der Waals surface area (Å²) in [4.78, 5) is 16.5. The Kier molecular flexibility index (Phi) is 6.83. The SMILES string of the molecule is C[C@@H](COCc1ccccc1)C(=O)N1CCN(CCO)CC1. The number of carbonyl (C=O) groups excluding carboxylic acids is 1. The Labute approximate surface area is 132 Å². The van der Waals surface area contributed by atoms with E-state index in [1.807, 2.05) is 42.2 Å². The number of carbonyl (C=O) groups is 1. The van der Waals surface area contributed by atoms with Crippen LogP contribution in [0.25, 0.3) is 0 Å². The fourth-order valence-electron chi connectivity index (χ4n) is 2.64. The molecule has 1 saturated heterocycles. The Morgan fingerprint density at radius 2 is 1.91 bits per heavy atom. The van der Waals surface area contributed by atoms with Gasteiger partial charge in [-0.3, -0.25) is 9.69 Å². The van der Waals surface area contributed by atoms with E-state index in [0.717, 1.165) is 31.7 Å². The van der Waals surface area contributed by atoms with E-state index in [1.54, 1.807) is 0 Å². The quantitative estimate of drug-likeness (QED) is 0.816. The lowest BCUT2D eigenvalue weighted by Gasteiger charge is -2.35. The Hall–Kier alpha value is -1.43. The molecule has 1 aliphatic heterocycles. The number of hydrogen-bond donors (Lipinski definition) is 1. The highest BCUT2D eigenvalue weighted by Crippen LogP contribution is 2.09. The van der Waals surface area contributed by atoms with Crippen LogP contribution in [0.5, 0.6) is 0 Å². The lowest BCUT2D eigenvalue weighted by molar-refractivity contribution is -0.138. The van der Waals surface area contributed by atoms with Crippen LogP contribution < -0.4 is 0 Å². The molecule has 1 amide bonds. The predicted molar refractivity (Wildman–Crippen MR) is 85.4 cm³/mol. The second-order valence-corrected chi connectivity index (χ2v) is 5.79. The van der Waals surface area contributed by atoms with E-state index in [2.05, 4.69) is 4.90 Å². The molecular weight excluding hydrogens is 280 g/mol. The Morgan fingerprint density at radius 3 is 2.55 bits per heavy atom. The number of amides is 1. The normalized spacial score (nSPS) is 17.5. The number of benzene rings is 1. The maximum absolute atomic E-state index is 12.4. The van der Waals surface area contributed by atoms with E-state index < -0.39 is 0 Å². The zero-order valence-corrected chi connectivity index (χ0v) is 13.3. The van der Waals surface area contributed by atoms with Crippen molar-refractivity contribution >= 4 is 5.91 Å². The van der Waals surface area contributed by atoms with Crippen LogP contribution in [0.1, 0.15) is 12.5 Å². The summed E-state index contributed by atoms with van der Waals surface area (Å²) >= 11 is 0. The van der Waals surface area contributed by atoms with Crippen LogP contribution in [-0.4, -0.2) is 66.8 Å². The van der Waals surface area contributed by atoms with E-state index in [0.29, 0.717) is 19.8 Å². The zero-order chi connectivity index (χ0) is 15.8. The molecule has 1 aromatic rings. The largest absolute Gasteiger partial charge is 0.395 e. The summed E-state index contributed by atoms with van der Waals surface area (Å²) in [5, 5.41) is 8.93. The number of piperazine rings is 1. The predicted octanol–water partition coefficient (Wildman–Crippen LogP) is 0.976. The lowest BCUT2D eigenvalue weighted by Crippen LogP contribution is -2.51. The van der Waals surface area contributed by atoms with Crippen molar-refractivity contribution in [3.05, 3.63) is 35.9 Å². The van der Waals surface area contributed by atoms with Crippen LogP contribution in [0.15, 0.2) is 30.3 Å². The third-order valence-electron chi connectivity index (χ3n) is 4.00. The number of ether oxygens (including phenoxy) is 1. The van der Waals surface area contributed by atoms with Gasteiger partial charge in [0, 0.05) is 32.7 Å². The molecule has 0 bridgehead atoms. The van der Waals surface area contributed by atoms with Gasteiger partial charge in [0.2, 0.25) is 5.91 Å². The summed E-state index contributed by atoms with van der Waals surface area (Å²) < 4.78 is 5.66. The Balaban J connectivity index is 1.69. The minimum atomic E-state index is -0.117. The molecule has 1 aliphatic rings. The van der Waals surface area contributed by atoms with Gasteiger partial charge in [-0.2, -0.15) is 0 Å². The summed E-state index contributed by atoms with van der Waals surface area (Å²) in [5.41, 5.74) is 1.12. The molecule has 1 atom stereocenters. The number of β-amino-alcohol motifs (C(OH)–C–C–N with tert-alkyl or cyclic N) is 1. The number of rotatable bonds is 7. The third-order valence-corrected chi connectivity index (χ3v) is 4.00. The average Bonchev–Trinajstić information content (AvgIpc) is 2.56. The van der Waals surface area contributed by atoms with Gasteiger partial charge >= 0.3 is 0 Å². The molecule has 0 spiro atoms. The van der Waals surface area contributed by atoms with Crippen molar-refractivity contribution in [2.75, 3.05) is 45.9 Å². The fourth-order valence-corrected chi connectivity index (χ4v) is 2.64. The van der Waals surface area contributed by atoms with Crippen LogP contribution >= 0.6 is 0 Å². The van der Waals surface area contributed by atoms with Gasteiger partial charge in [0.15, 0.2) is 0 Å². The van der Waals surface area contributed by atoms with Crippen LogP contribution in [0, 0.1) is 5.92 Å². The molecule has 0 unspecified atom stereocenters. The van der Waals surface area contributed by atoms with Crippen LogP contribution in [0.2, 0.25) is 0 Å². The van der Waals surface area contributed by atoms with Gasteiger partial charge in [0.05, 0.1) is 25.7 Å². The molecule has 22 heavy (non-hydrogen) atoms. The van der Waals surface area contributed by atoms with Crippen molar-refractivity contribution in [1.82, 2.24) is 9.80 Å². The molecule has 5 nitrogen and oxygen atoms in total. The highest BCUT2D eigenvalue weighted by Gasteiger charge is 2.24. The summed E-state index contributed by atoms with van der Waals surface area (Å²) in [6, 6.07) is 9.99. The highest BCUT2D eigenvalue weighted by molar-refractivity contribution is 5.78. The maximum atomic E-state index is 12.4. The summed E-state index contributed by atoms with van der Waals surface area (Å²) in [6.45, 7) is 6.94. The molecule has 2 rings (SSSR count). The van der Waals surface area contributed by atoms with Gasteiger partial charge in [-0.15, -0.1) is 0 Å². The third kappa shape index (κ3) is 5.09. The molecular formula is C17H26N2O3. The van der Waals surface area contributed by atoms with Crippen molar-refractivity contribution < 1.29 is 14.6 Å². The van der Waals surface area contributed by atoms with Crippen molar-refractivity contribution in [3.8, 4) is 0 Å². The highest BCUT2D eigenvalue weighted by atomic mass is 16.5. The molecule has 1 N–H and O–H groups in total. The zero-order valence-electron chi connectivity index (χ0n) is 13.3. The van der Waals surface area contributed by atoms with E-state index >= 15 is 0 Å². The fraction of sp³-hybridized carbons (Fsp3) is 0.588. The van der Waals surface area contributed by atoms with Crippen molar-refractivity contribution in [2.24, 2.45) is 5.92 Å². The summed E-state index contributed by atoms with van der Waals surface area (Å²) in [5.74, 6) is 0.0461. The first-order valence-electron chi connectivity index (χ1n) is 7.94. The monoisotopic (exact) mass is 306 g/mol. The van der Waals surface area contributed by atoms with E-state index in [-0.39, 0.29) is 18.4 Å². The average molecular weight is 306 g/mol. The van der Waals surface area contributed by atoms with Crippen molar-refractivity contribution in [1.29, 1.82) is 0 Å². The first-order valence-corrected chi connectivity index (χ1v) is 7.94. The summed E-state index contributed by atoms with van der Waals surface area (Å²) in [7, 11) is 0. The lowest BCUT2D eigenvalue weighted by atomic mass is 10.1. The van der Waals surface area contributed by atoms with Gasteiger partial charge < -0.3 is 14.7 Å². The Bertz CT molecular complexity index is 444. The minimum Gasteiger partial charge on any atom is -0.395 e. The second-order valence-electron chi connectivity index (χ2n) is 5.79. The summed E-state index contributed by atoms with van der Waals surface area (Å²) in [6.07, 6.45) is 0. The molecule has 1 aromatic carbocycles. The molecule has 1 heterocycles. The number of nitrogens with zero attached hydrogens (tertiary/aromatic N) is 2. The number of aliphatic hydroxyl groups excluding tert-OH is 1. The van der Waals surface area contributed by atoms with Crippen LogP contribution in [-0.2, 0) is 16.1 Å². The molecule has 0 aliphatic carbocycles. The smallest absolute Gasteiger partial charge is 0.227 e. The molecule has 0 aromatic heterocycles. The van der Waals surface area contributed by atoms with Gasteiger partial charge in [0.25, 0.3) is 0 Å². The topological polar surface area (TPSA) is 53.0 Å². The molecule has 5 heteroatoms.